The number of ketones is 1. The highest BCUT2D eigenvalue weighted by Crippen LogP contribution is 2.34. The normalized spacial score (nSPS) is 18.4. The van der Waals surface area contributed by atoms with Crippen LogP contribution in [-0.2, 0) is 17.6 Å². The van der Waals surface area contributed by atoms with Gasteiger partial charge in [-0.1, -0.05) is 54.1 Å². The largest absolute Gasteiger partial charge is 0.510 e. The first-order valence-corrected chi connectivity index (χ1v) is 10.3. The van der Waals surface area contributed by atoms with E-state index in [4.69, 9.17) is 4.42 Å². The van der Waals surface area contributed by atoms with Crippen LogP contribution in [-0.4, -0.2) is 14.8 Å². The molecule has 1 N–H and O–H groups in total. The van der Waals surface area contributed by atoms with Gasteiger partial charge in [-0.15, -0.1) is 0 Å². The van der Waals surface area contributed by atoms with E-state index in [-0.39, 0.29) is 11.5 Å². The highest BCUT2D eigenvalue weighted by Gasteiger charge is 2.29. The standard InChI is InChI=1S/C19H18I2O3/c1-2-3-7-16-13(12-6-4-5-8-15(12)24-16)9-11-10-14(20)19(23)17(21)18(11)22/h4-6,8,10,17,22H,2-3,7,9H2,1H3. The second kappa shape index (κ2) is 7.59. The summed E-state index contributed by atoms with van der Waals surface area (Å²) in [7, 11) is 0. The van der Waals surface area contributed by atoms with Crippen LogP contribution in [0.25, 0.3) is 11.0 Å². The molecule has 1 heterocycles. The second-order valence-corrected chi connectivity index (χ2v) is 8.32. The van der Waals surface area contributed by atoms with Gasteiger partial charge < -0.3 is 9.52 Å². The zero-order chi connectivity index (χ0) is 17.3. The molecule has 0 saturated carbocycles. The lowest BCUT2D eigenvalue weighted by atomic mass is 9.95. The highest BCUT2D eigenvalue weighted by molar-refractivity contribution is 14.1. The van der Waals surface area contributed by atoms with Crippen molar-refractivity contribution in [1.29, 1.82) is 0 Å². The van der Waals surface area contributed by atoms with Crippen LogP contribution in [0.5, 0.6) is 0 Å². The summed E-state index contributed by atoms with van der Waals surface area (Å²) in [5.74, 6) is 1.14. The number of rotatable bonds is 5. The minimum atomic E-state index is -0.494. The SMILES string of the molecule is CCCCc1oc2ccccc2c1CC1=C(O)C(I)C(=O)C(I)=C1. The Kier molecular flexibility index (Phi) is 5.69. The van der Waals surface area contributed by atoms with Gasteiger partial charge in [0.05, 0.1) is 3.58 Å². The Bertz CT molecular complexity index is 845. The maximum Gasteiger partial charge on any atom is 0.189 e. The Hall–Kier alpha value is -0.830. The van der Waals surface area contributed by atoms with Gasteiger partial charge in [0.2, 0.25) is 0 Å². The monoisotopic (exact) mass is 548 g/mol. The summed E-state index contributed by atoms with van der Waals surface area (Å²) in [6.07, 6.45) is 5.45. The average Bonchev–Trinajstić information content (AvgIpc) is 2.93. The molecule has 1 unspecified atom stereocenters. The molecule has 5 heteroatoms. The van der Waals surface area contributed by atoms with Gasteiger partial charge in [0.1, 0.15) is 21.0 Å². The summed E-state index contributed by atoms with van der Waals surface area (Å²) in [5, 5.41) is 11.5. The van der Waals surface area contributed by atoms with E-state index < -0.39 is 3.92 Å². The number of Topliss-reactive ketones (excluding diaryl/α,β-unsaturated/α-hetero) is 1. The minimum Gasteiger partial charge on any atom is -0.510 e. The molecule has 1 aliphatic rings. The third-order valence-electron chi connectivity index (χ3n) is 4.24. The summed E-state index contributed by atoms with van der Waals surface area (Å²) < 4.78 is 6.23. The molecule has 0 saturated heterocycles. The molecule has 0 fully saturated rings. The number of aliphatic hydroxyl groups excluding tert-OH is 1. The van der Waals surface area contributed by atoms with Gasteiger partial charge in [-0.2, -0.15) is 0 Å². The molecule has 0 radical (unpaired) electrons. The number of para-hydroxylation sites is 1. The molecule has 1 aromatic heterocycles. The van der Waals surface area contributed by atoms with Crippen molar-refractivity contribution in [2.45, 2.75) is 36.5 Å². The Morgan fingerprint density at radius 3 is 2.79 bits per heavy atom. The van der Waals surface area contributed by atoms with E-state index in [0.717, 1.165) is 47.1 Å². The van der Waals surface area contributed by atoms with Crippen LogP contribution in [0.3, 0.4) is 0 Å². The molecule has 0 spiro atoms. The van der Waals surface area contributed by atoms with E-state index in [9.17, 15) is 9.90 Å². The van der Waals surface area contributed by atoms with E-state index in [1.807, 2.05) is 40.8 Å². The number of carbonyl (C=O) groups is 1. The van der Waals surface area contributed by atoms with Crippen LogP contribution in [0.2, 0.25) is 0 Å². The van der Waals surface area contributed by atoms with Crippen molar-refractivity contribution >= 4 is 61.9 Å². The average molecular weight is 548 g/mol. The Morgan fingerprint density at radius 2 is 2.04 bits per heavy atom. The van der Waals surface area contributed by atoms with E-state index in [1.54, 1.807) is 6.08 Å². The number of aliphatic hydroxyl groups is 1. The van der Waals surface area contributed by atoms with Gasteiger partial charge >= 0.3 is 0 Å². The first kappa shape index (κ1) is 18.0. The number of aryl methyl sites for hydroxylation is 1. The van der Waals surface area contributed by atoms with Gasteiger partial charge in [-0.3, -0.25) is 4.79 Å². The minimum absolute atomic E-state index is 0.0271. The first-order valence-electron chi connectivity index (χ1n) is 7.99. The van der Waals surface area contributed by atoms with E-state index >= 15 is 0 Å². The fraction of sp³-hybridized carbons (Fsp3) is 0.316. The van der Waals surface area contributed by atoms with Gasteiger partial charge in [0.25, 0.3) is 0 Å². The van der Waals surface area contributed by atoms with Crippen LogP contribution >= 0.6 is 45.2 Å². The predicted octanol–water partition coefficient (Wildman–Crippen LogP) is 5.84. The molecule has 0 aliphatic heterocycles. The van der Waals surface area contributed by atoms with Crippen molar-refractivity contribution in [3.63, 3.8) is 0 Å². The Balaban J connectivity index is 2.04. The second-order valence-electron chi connectivity index (χ2n) is 5.91. The molecule has 0 amide bonds. The molecular weight excluding hydrogens is 530 g/mol. The van der Waals surface area contributed by atoms with Crippen molar-refractivity contribution in [3.05, 3.63) is 56.6 Å². The van der Waals surface area contributed by atoms with Crippen molar-refractivity contribution in [2.75, 3.05) is 0 Å². The highest BCUT2D eigenvalue weighted by atomic mass is 127. The molecule has 1 aromatic carbocycles. The molecule has 0 bridgehead atoms. The third kappa shape index (κ3) is 3.42. The number of unbranched alkanes of at least 4 members (excludes halogenated alkanes) is 1. The number of hydrogen-bond donors (Lipinski definition) is 1. The lowest BCUT2D eigenvalue weighted by Gasteiger charge is -2.17. The van der Waals surface area contributed by atoms with E-state index in [0.29, 0.717) is 10.0 Å². The number of benzene rings is 1. The molecule has 1 aliphatic carbocycles. The van der Waals surface area contributed by atoms with Crippen LogP contribution in [0.15, 0.2) is 49.7 Å². The number of hydrogen-bond acceptors (Lipinski definition) is 3. The van der Waals surface area contributed by atoms with E-state index in [2.05, 4.69) is 35.6 Å². The summed E-state index contributed by atoms with van der Waals surface area (Å²) in [4.78, 5) is 12.0. The van der Waals surface area contributed by atoms with Gasteiger partial charge in [0, 0.05) is 23.8 Å². The molecule has 24 heavy (non-hydrogen) atoms. The Labute approximate surface area is 168 Å². The fourth-order valence-electron chi connectivity index (χ4n) is 2.92. The zero-order valence-electron chi connectivity index (χ0n) is 13.3. The summed E-state index contributed by atoms with van der Waals surface area (Å²) in [6.45, 7) is 2.16. The van der Waals surface area contributed by atoms with E-state index in [1.165, 1.54) is 0 Å². The van der Waals surface area contributed by atoms with Crippen molar-refractivity contribution in [3.8, 4) is 0 Å². The Morgan fingerprint density at radius 1 is 1.29 bits per heavy atom. The maximum absolute atomic E-state index is 12.0. The summed E-state index contributed by atoms with van der Waals surface area (Å²) in [5.41, 5.74) is 2.82. The van der Waals surface area contributed by atoms with Crippen LogP contribution in [0.4, 0.5) is 0 Å². The molecule has 126 valence electrons. The van der Waals surface area contributed by atoms with Crippen LogP contribution in [0, 0.1) is 0 Å². The van der Waals surface area contributed by atoms with Crippen molar-refractivity contribution in [2.24, 2.45) is 0 Å². The first-order chi connectivity index (χ1) is 11.5. The predicted molar refractivity (Wildman–Crippen MR) is 113 cm³/mol. The summed E-state index contributed by atoms with van der Waals surface area (Å²) in [6, 6.07) is 8.02. The van der Waals surface area contributed by atoms with Crippen LogP contribution < -0.4 is 0 Å². The third-order valence-corrected chi connectivity index (χ3v) is 6.24. The number of carbonyl (C=O) groups excluding carboxylic acids is 1. The number of furan rings is 1. The zero-order valence-corrected chi connectivity index (χ0v) is 17.6. The molecule has 2 aromatic rings. The van der Waals surface area contributed by atoms with Gasteiger partial charge in [0.15, 0.2) is 5.78 Å². The molecule has 1 atom stereocenters. The summed E-state index contributed by atoms with van der Waals surface area (Å²) >= 11 is 4.06. The van der Waals surface area contributed by atoms with Crippen molar-refractivity contribution < 1.29 is 14.3 Å². The number of alkyl halides is 1. The molecule has 3 nitrogen and oxygen atoms in total. The topological polar surface area (TPSA) is 50.4 Å². The molecule has 3 rings (SSSR count). The van der Waals surface area contributed by atoms with Gasteiger partial charge in [-0.05, 0) is 46.7 Å². The smallest absolute Gasteiger partial charge is 0.189 e. The van der Waals surface area contributed by atoms with Crippen LogP contribution in [0.1, 0.15) is 31.1 Å². The molecular formula is C19H18I2O3. The van der Waals surface area contributed by atoms with Gasteiger partial charge in [-0.25, -0.2) is 0 Å². The fourth-order valence-corrected chi connectivity index (χ4v) is 4.94. The quantitative estimate of drug-likeness (QED) is 0.378. The maximum atomic E-state index is 12.0. The lowest BCUT2D eigenvalue weighted by molar-refractivity contribution is -0.113. The number of allylic oxidation sites excluding steroid dienone is 4. The number of halogens is 2. The lowest BCUT2D eigenvalue weighted by Crippen LogP contribution is -2.22. The number of fused-ring (bicyclic) bond motifs is 1. The van der Waals surface area contributed by atoms with Crippen molar-refractivity contribution in [1.82, 2.24) is 0 Å².